The molecule has 0 radical (unpaired) electrons. The van der Waals surface area contributed by atoms with Crippen LogP contribution in [0.2, 0.25) is 0 Å². The van der Waals surface area contributed by atoms with Gasteiger partial charge in [-0.25, -0.2) is 4.99 Å². The van der Waals surface area contributed by atoms with E-state index in [0.717, 1.165) is 13.0 Å². The number of nitrogens with two attached hydrogens (primary N) is 1. The average molecular weight is 393 g/mol. The van der Waals surface area contributed by atoms with Crippen LogP contribution in [0.4, 0.5) is 0 Å². The summed E-state index contributed by atoms with van der Waals surface area (Å²) < 4.78 is 0. The van der Waals surface area contributed by atoms with Crippen molar-refractivity contribution in [2.24, 2.45) is 10.7 Å². The number of halogens is 1. The van der Waals surface area contributed by atoms with Crippen LogP contribution in [0.1, 0.15) is 10.4 Å². The summed E-state index contributed by atoms with van der Waals surface area (Å²) in [4.78, 5) is 5.64. The normalized spacial score (nSPS) is 11.0. The molecule has 3 nitrogen and oxygen atoms in total. The van der Waals surface area contributed by atoms with Crippen LogP contribution in [0.25, 0.3) is 0 Å². The van der Waals surface area contributed by atoms with Crippen LogP contribution in [0.15, 0.2) is 39.3 Å². The number of nitrogens with zero attached hydrogens (tertiary/aromatic N) is 1. The summed E-state index contributed by atoms with van der Waals surface area (Å²) in [6.45, 7) is 1.49. The quantitative estimate of drug-likeness (QED) is 0.466. The summed E-state index contributed by atoms with van der Waals surface area (Å²) in [5.41, 5.74) is 6.98. The number of hydrogen-bond acceptors (Lipinski definition) is 3. The Hall–Kier alpha value is -0.600. The minimum Gasteiger partial charge on any atom is -0.370 e. The average Bonchev–Trinajstić information content (AvgIpc) is 2.99. The highest BCUT2D eigenvalue weighted by Crippen LogP contribution is 2.08. The molecule has 2 heterocycles. The minimum atomic E-state index is 0. The zero-order chi connectivity index (χ0) is 11.9. The maximum atomic E-state index is 5.78. The van der Waals surface area contributed by atoms with Gasteiger partial charge in [0.1, 0.15) is 0 Å². The van der Waals surface area contributed by atoms with Crippen molar-refractivity contribution in [1.29, 1.82) is 0 Å². The van der Waals surface area contributed by atoms with E-state index in [0.29, 0.717) is 12.5 Å². The van der Waals surface area contributed by atoms with Gasteiger partial charge in [-0.2, -0.15) is 11.3 Å². The Morgan fingerprint density at radius 1 is 1.33 bits per heavy atom. The van der Waals surface area contributed by atoms with Crippen molar-refractivity contribution in [3.05, 3.63) is 44.8 Å². The highest BCUT2D eigenvalue weighted by molar-refractivity contribution is 14.0. The highest BCUT2D eigenvalue weighted by Gasteiger charge is 1.95. The van der Waals surface area contributed by atoms with Gasteiger partial charge in [0, 0.05) is 11.4 Å². The molecule has 0 fully saturated rings. The smallest absolute Gasteiger partial charge is 0.188 e. The first kappa shape index (κ1) is 15.5. The van der Waals surface area contributed by atoms with Gasteiger partial charge in [-0.15, -0.1) is 35.3 Å². The third-order valence-corrected chi connectivity index (χ3v) is 3.94. The predicted octanol–water partition coefficient (Wildman–Crippen LogP) is 3.07. The molecule has 0 amide bonds. The maximum Gasteiger partial charge on any atom is 0.188 e. The van der Waals surface area contributed by atoms with E-state index in [-0.39, 0.29) is 24.0 Å². The molecule has 0 bridgehead atoms. The van der Waals surface area contributed by atoms with Gasteiger partial charge >= 0.3 is 0 Å². The largest absolute Gasteiger partial charge is 0.370 e. The second-order valence-electron chi connectivity index (χ2n) is 3.59. The standard InChI is InChI=1S/C12H15N3S2.HI/c13-12(15-8-10-4-7-16-9-10)14-5-3-11-2-1-6-17-11;/h1-2,4,6-7,9H,3,5,8H2,(H3,13,14,15);1H. The molecule has 0 unspecified atom stereocenters. The van der Waals surface area contributed by atoms with Crippen molar-refractivity contribution in [3.63, 3.8) is 0 Å². The zero-order valence-corrected chi connectivity index (χ0v) is 13.8. The fraction of sp³-hybridized carbons (Fsp3) is 0.250. The molecule has 0 aliphatic carbocycles. The van der Waals surface area contributed by atoms with Crippen LogP contribution in [0, 0.1) is 0 Å². The Bertz CT molecular complexity index is 452. The van der Waals surface area contributed by atoms with Crippen molar-refractivity contribution >= 4 is 52.6 Å². The summed E-state index contributed by atoms with van der Waals surface area (Å²) in [5, 5.41) is 9.34. The Morgan fingerprint density at radius 2 is 2.22 bits per heavy atom. The molecule has 2 rings (SSSR count). The summed E-state index contributed by atoms with van der Waals surface area (Å²) in [5.74, 6) is 0.521. The highest BCUT2D eigenvalue weighted by atomic mass is 127. The van der Waals surface area contributed by atoms with Crippen molar-refractivity contribution in [2.45, 2.75) is 13.0 Å². The van der Waals surface area contributed by atoms with Gasteiger partial charge in [0.05, 0.1) is 6.54 Å². The SMILES string of the molecule is I.NC(=NCc1ccsc1)NCCc1cccs1. The van der Waals surface area contributed by atoms with E-state index in [1.54, 1.807) is 22.7 Å². The lowest BCUT2D eigenvalue weighted by molar-refractivity contribution is 0.857. The van der Waals surface area contributed by atoms with E-state index in [9.17, 15) is 0 Å². The van der Waals surface area contributed by atoms with Crippen molar-refractivity contribution in [2.75, 3.05) is 6.54 Å². The van der Waals surface area contributed by atoms with Crippen LogP contribution >= 0.6 is 46.7 Å². The molecule has 18 heavy (non-hydrogen) atoms. The van der Waals surface area contributed by atoms with E-state index in [2.05, 4.69) is 39.3 Å². The number of thiophene rings is 2. The summed E-state index contributed by atoms with van der Waals surface area (Å²) in [7, 11) is 0. The minimum absolute atomic E-state index is 0. The Balaban J connectivity index is 0.00000162. The summed E-state index contributed by atoms with van der Waals surface area (Å²) >= 11 is 3.44. The van der Waals surface area contributed by atoms with Crippen LogP contribution in [-0.2, 0) is 13.0 Å². The lowest BCUT2D eigenvalue weighted by atomic mass is 10.3. The van der Waals surface area contributed by atoms with Gasteiger partial charge in [0.25, 0.3) is 0 Å². The van der Waals surface area contributed by atoms with Crippen LogP contribution in [0.3, 0.4) is 0 Å². The van der Waals surface area contributed by atoms with Crippen LogP contribution in [0.5, 0.6) is 0 Å². The first-order valence-corrected chi connectivity index (χ1v) is 7.24. The molecular formula is C12H16IN3S2. The number of hydrogen-bond donors (Lipinski definition) is 2. The van der Waals surface area contributed by atoms with E-state index in [1.807, 2.05) is 5.38 Å². The molecule has 2 aromatic heterocycles. The molecule has 0 aromatic carbocycles. The van der Waals surface area contributed by atoms with Crippen molar-refractivity contribution < 1.29 is 0 Å². The molecule has 6 heteroatoms. The first-order valence-electron chi connectivity index (χ1n) is 5.42. The van der Waals surface area contributed by atoms with Crippen molar-refractivity contribution in [3.8, 4) is 0 Å². The monoisotopic (exact) mass is 393 g/mol. The van der Waals surface area contributed by atoms with Gasteiger partial charge in [-0.1, -0.05) is 6.07 Å². The van der Waals surface area contributed by atoms with Gasteiger partial charge < -0.3 is 11.1 Å². The first-order chi connectivity index (χ1) is 8.34. The molecule has 0 aliphatic rings. The molecule has 0 spiro atoms. The van der Waals surface area contributed by atoms with E-state index >= 15 is 0 Å². The maximum absolute atomic E-state index is 5.78. The lowest BCUT2D eigenvalue weighted by Crippen LogP contribution is -2.33. The van der Waals surface area contributed by atoms with Crippen LogP contribution < -0.4 is 11.1 Å². The number of rotatable bonds is 5. The fourth-order valence-corrected chi connectivity index (χ4v) is 2.75. The van der Waals surface area contributed by atoms with Gasteiger partial charge in [-0.3, -0.25) is 0 Å². The van der Waals surface area contributed by atoms with Gasteiger partial charge in [0.15, 0.2) is 5.96 Å². The van der Waals surface area contributed by atoms with Crippen LogP contribution in [-0.4, -0.2) is 12.5 Å². The molecule has 3 N–H and O–H groups in total. The second-order valence-corrected chi connectivity index (χ2v) is 5.40. The molecule has 2 aromatic rings. The van der Waals surface area contributed by atoms with Gasteiger partial charge in [-0.05, 0) is 40.3 Å². The number of nitrogens with one attached hydrogen (secondary N) is 1. The molecule has 0 saturated heterocycles. The molecule has 98 valence electrons. The predicted molar refractivity (Wildman–Crippen MR) is 91.1 cm³/mol. The topological polar surface area (TPSA) is 50.4 Å². The van der Waals surface area contributed by atoms with Gasteiger partial charge in [0.2, 0.25) is 0 Å². The number of guanidine groups is 1. The third kappa shape index (κ3) is 5.36. The summed E-state index contributed by atoms with van der Waals surface area (Å²) in [6.07, 6.45) is 0.992. The van der Waals surface area contributed by atoms with E-state index in [4.69, 9.17) is 5.73 Å². The van der Waals surface area contributed by atoms with Crippen molar-refractivity contribution in [1.82, 2.24) is 5.32 Å². The Morgan fingerprint density at radius 3 is 2.89 bits per heavy atom. The fourth-order valence-electron chi connectivity index (χ4n) is 1.38. The van der Waals surface area contributed by atoms with E-state index in [1.165, 1.54) is 10.4 Å². The Kier molecular flexibility index (Phi) is 7.29. The lowest BCUT2D eigenvalue weighted by Gasteiger charge is -2.03. The molecule has 0 atom stereocenters. The molecule has 0 aliphatic heterocycles. The Labute approximate surface area is 132 Å². The molecular weight excluding hydrogens is 377 g/mol. The molecule has 0 saturated carbocycles. The van der Waals surface area contributed by atoms with E-state index < -0.39 is 0 Å². The zero-order valence-electron chi connectivity index (χ0n) is 9.83. The third-order valence-electron chi connectivity index (χ3n) is 2.27. The summed E-state index contributed by atoms with van der Waals surface area (Å²) in [6, 6.07) is 6.26. The number of aliphatic imine (C=N–C) groups is 1. The second kappa shape index (κ2) is 8.49.